The summed E-state index contributed by atoms with van der Waals surface area (Å²) in [7, 11) is 0. The van der Waals surface area contributed by atoms with Crippen LogP contribution in [0.15, 0.2) is 27.2 Å². The quantitative estimate of drug-likeness (QED) is 0.489. The summed E-state index contributed by atoms with van der Waals surface area (Å²) in [4.78, 5) is 16.4. The first-order valence-corrected chi connectivity index (χ1v) is 11.9. The van der Waals surface area contributed by atoms with Crippen LogP contribution in [0.3, 0.4) is 0 Å². The number of aromatic nitrogens is 2. The summed E-state index contributed by atoms with van der Waals surface area (Å²) >= 11 is 1.55. The molecule has 1 atom stereocenters. The highest BCUT2D eigenvalue weighted by molar-refractivity contribution is 7.16. The fraction of sp³-hybridized carbons (Fsp3) is 0.478. The highest BCUT2D eigenvalue weighted by Crippen LogP contribution is 2.37. The minimum atomic E-state index is -0.428. The lowest BCUT2D eigenvalue weighted by atomic mass is 10.1. The molecule has 0 aliphatic heterocycles. The molecule has 3 heterocycles. The van der Waals surface area contributed by atoms with Crippen LogP contribution in [0.1, 0.15) is 61.4 Å². The number of fused-ring (bicyclic) bond motifs is 1. The number of nitrogens with zero attached hydrogens (tertiary/aromatic N) is 4. The Morgan fingerprint density at radius 3 is 2.94 bits per heavy atom. The predicted octanol–water partition coefficient (Wildman–Crippen LogP) is 4.77. The molecule has 1 aliphatic carbocycles. The van der Waals surface area contributed by atoms with Gasteiger partial charge in [0.05, 0.1) is 24.4 Å². The molecule has 4 rings (SSSR count). The van der Waals surface area contributed by atoms with Crippen molar-refractivity contribution in [3.05, 3.63) is 40.3 Å². The maximum atomic E-state index is 13.1. The lowest BCUT2D eigenvalue weighted by Gasteiger charge is -2.26. The first-order chi connectivity index (χ1) is 15.6. The number of furan rings is 1. The van der Waals surface area contributed by atoms with E-state index in [1.54, 1.807) is 29.7 Å². The Labute approximate surface area is 191 Å². The molecule has 1 N–H and O–H groups in total. The van der Waals surface area contributed by atoms with Crippen LogP contribution < -0.4 is 5.32 Å². The Morgan fingerprint density at radius 1 is 1.34 bits per heavy atom. The van der Waals surface area contributed by atoms with E-state index in [1.807, 2.05) is 11.8 Å². The second-order valence-electron chi connectivity index (χ2n) is 7.99. The van der Waals surface area contributed by atoms with Crippen LogP contribution in [0.4, 0.5) is 5.00 Å². The zero-order chi connectivity index (χ0) is 22.5. The van der Waals surface area contributed by atoms with Crippen molar-refractivity contribution < 1.29 is 13.6 Å². The van der Waals surface area contributed by atoms with Gasteiger partial charge in [0, 0.05) is 4.88 Å². The van der Waals surface area contributed by atoms with Gasteiger partial charge in [-0.2, -0.15) is 5.26 Å². The number of hydrogen-bond acceptors (Lipinski definition) is 8. The minimum absolute atomic E-state index is 0.142. The molecular weight excluding hydrogens is 426 g/mol. The van der Waals surface area contributed by atoms with Crippen molar-refractivity contribution in [1.29, 1.82) is 5.26 Å². The molecule has 8 nitrogen and oxygen atoms in total. The number of carbonyl (C=O) groups is 1. The van der Waals surface area contributed by atoms with E-state index in [-0.39, 0.29) is 5.91 Å². The third-order valence-electron chi connectivity index (χ3n) is 5.74. The molecular formula is C23H27N5O3S. The standard InChI is InChI=1S/C23H27N5O3S/c1-3-11-28(14-20-26-27-22(31-20)18-9-7-12-30-18)15(2)21(29)25-23-17(13-24)16-8-5-4-6-10-19(16)32-23/h7,9,12,15H,3-6,8,10-11,14H2,1-2H3,(H,25,29)/t15-/m1/s1. The van der Waals surface area contributed by atoms with Gasteiger partial charge in [0.2, 0.25) is 11.8 Å². The Kier molecular flexibility index (Phi) is 7.02. The summed E-state index contributed by atoms with van der Waals surface area (Å²) in [6.45, 7) is 4.96. The third-order valence-corrected chi connectivity index (χ3v) is 6.95. The average Bonchev–Trinajstić information content (AvgIpc) is 3.51. The van der Waals surface area contributed by atoms with Gasteiger partial charge in [-0.25, -0.2) is 0 Å². The van der Waals surface area contributed by atoms with Gasteiger partial charge in [-0.1, -0.05) is 13.3 Å². The lowest BCUT2D eigenvalue weighted by Crippen LogP contribution is -2.42. The molecule has 0 bridgehead atoms. The first-order valence-electron chi connectivity index (χ1n) is 11.1. The Balaban J connectivity index is 1.47. The molecule has 0 spiro atoms. The van der Waals surface area contributed by atoms with E-state index in [0.717, 1.165) is 37.7 Å². The van der Waals surface area contributed by atoms with E-state index >= 15 is 0 Å². The Hall–Kier alpha value is -2.96. The third kappa shape index (κ3) is 4.76. The predicted molar refractivity (Wildman–Crippen MR) is 121 cm³/mol. The van der Waals surface area contributed by atoms with E-state index in [4.69, 9.17) is 8.83 Å². The number of nitriles is 1. The van der Waals surface area contributed by atoms with Gasteiger partial charge in [0.25, 0.3) is 5.89 Å². The van der Waals surface area contributed by atoms with Crippen LogP contribution in [0.5, 0.6) is 0 Å². The molecule has 9 heteroatoms. The second-order valence-corrected chi connectivity index (χ2v) is 9.10. The minimum Gasteiger partial charge on any atom is -0.459 e. The normalized spacial score (nSPS) is 14.6. The summed E-state index contributed by atoms with van der Waals surface area (Å²) < 4.78 is 11.0. The summed E-state index contributed by atoms with van der Waals surface area (Å²) in [5, 5.41) is 21.6. The van der Waals surface area contributed by atoms with Crippen LogP contribution >= 0.6 is 11.3 Å². The molecule has 0 unspecified atom stereocenters. The maximum Gasteiger partial charge on any atom is 0.283 e. The molecule has 3 aromatic heterocycles. The fourth-order valence-electron chi connectivity index (χ4n) is 4.02. The Bertz CT molecular complexity index is 1100. The van der Waals surface area contributed by atoms with Crippen molar-refractivity contribution >= 4 is 22.2 Å². The number of rotatable bonds is 8. The Morgan fingerprint density at radius 2 is 2.19 bits per heavy atom. The van der Waals surface area contributed by atoms with E-state index in [0.29, 0.717) is 41.2 Å². The van der Waals surface area contributed by atoms with Gasteiger partial charge in [0.15, 0.2) is 5.76 Å². The molecule has 32 heavy (non-hydrogen) atoms. The van der Waals surface area contributed by atoms with Gasteiger partial charge in [0.1, 0.15) is 11.1 Å². The van der Waals surface area contributed by atoms with E-state index < -0.39 is 6.04 Å². The van der Waals surface area contributed by atoms with Crippen molar-refractivity contribution in [1.82, 2.24) is 15.1 Å². The highest BCUT2D eigenvalue weighted by atomic mass is 32.1. The second kappa shape index (κ2) is 10.1. The van der Waals surface area contributed by atoms with E-state index in [2.05, 4.69) is 28.5 Å². The van der Waals surface area contributed by atoms with Crippen LogP contribution in [0.25, 0.3) is 11.7 Å². The summed E-state index contributed by atoms with van der Waals surface area (Å²) in [6, 6.07) is 5.41. The van der Waals surface area contributed by atoms with Gasteiger partial charge >= 0.3 is 0 Å². The van der Waals surface area contributed by atoms with Crippen molar-refractivity contribution in [3.8, 4) is 17.7 Å². The molecule has 0 saturated heterocycles. The van der Waals surface area contributed by atoms with Crippen molar-refractivity contribution in [3.63, 3.8) is 0 Å². The number of aryl methyl sites for hydroxylation is 1. The number of anilines is 1. The van der Waals surface area contributed by atoms with Crippen LogP contribution in [0, 0.1) is 11.3 Å². The number of thiophene rings is 1. The monoisotopic (exact) mass is 453 g/mol. The first kappa shape index (κ1) is 22.2. The number of nitrogens with one attached hydrogen (secondary N) is 1. The molecule has 0 aromatic carbocycles. The van der Waals surface area contributed by atoms with Crippen molar-refractivity contribution in [2.75, 3.05) is 11.9 Å². The molecule has 0 radical (unpaired) electrons. The van der Waals surface area contributed by atoms with Gasteiger partial charge in [-0.05, 0) is 63.3 Å². The van der Waals surface area contributed by atoms with Gasteiger partial charge < -0.3 is 14.2 Å². The van der Waals surface area contributed by atoms with Crippen LogP contribution in [-0.4, -0.2) is 33.6 Å². The summed E-state index contributed by atoms with van der Waals surface area (Å²) in [5.74, 6) is 1.11. The number of hydrogen-bond donors (Lipinski definition) is 1. The molecule has 0 saturated carbocycles. The van der Waals surface area contributed by atoms with Crippen molar-refractivity contribution in [2.45, 2.75) is 65.0 Å². The SMILES string of the molecule is CCCN(Cc1nnc(-c2ccco2)o1)[C@H](C)C(=O)Nc1sc2c(c1C#N)CCCCC2. The molecule has 3 aromatic rings. The summed E-state index contributed by atoms with van der Waals surface area (Å²) in [6.07, 6.45) is 7.73. The number of carbonyl (C=O) groups excluding carboxylic acids is 1. The van der Waals surface area contributed by atoms with Crippen LogP contribution in [0.2, 0.25) is 0 Å². The van der Waals surface area contributed by atoms with E-state index in [9.17, 15) is 10.1 Å². The van der Waals surface area contributed by atoms with Crippen LogP contribution in [-0.2, 0) is 24.2 Å². The largest absolute Gasteiger partial charge is 0.459 e. The van der Waals surface area contributed by atoms with Gasteiger partial charge in [-0.15, -0.1) is 21.5 Å². The fourth-order valence-corrected chi connectivity index (χ4v) is 5.26. The molecule has 1 amide bonds. The number of amides is 1. The highest BCUT2D eigenvalue weighted by Gasteiger charge is 2.26. The van der Waals surface area contributed by atoms with Crippen molar-refractivity contribution in [2.24, 2.45) is 0 Å². The van der Waals surface area contributed by atoms with Gasteiger partial charge in [-0.3, -0.25) is 9.69 Å². The average molecular weight is 454 g/mol. The lowest BCUT2D eigenvalue weighted by molar-refractivity contribution is -0.121. The molecule has 1 aliphatic rings. The molecule has 168 valence electrons. The zero-order valence-corrected chi connectivity index (χ0v) is 19.2. The zero-order valence-electron chi connectivity index (χ0n) is 18.4. The summed E-state index contributed by atoms with van der Waals surface area (Å²) in [5.41, 5.74) is 1.76. The topological polar surface area (TPSA) is 108 Å². The van der Waals surface area contributed by atoms with E-state index in [1.165, 1.54) is 11.3 Å². The molecule has 0 fully saturated rings. The maximum absolute atomic E-state index is 13.1. The smallest absolute Gasteiger partial charge is 0.283 e.